The van der Waals surface area contributed by atoms with E-state index in [0.717, 1.165) is 16.9 Å². The van der Waals surface area contributed by atoms with Crippen LogP contribution in [0.25, 0.3) is 0 Å². The molecule has 3 heteroatoms. The summed E-state index contributed by atoms with van der Waals surface area (Å²) >= 11 is 0. The summed E-state index contributed by atoms with van der Waals surface area (Å²) in [6, 6.07) is 10.0. The summed E-state index contributed by atoms with van der Waals surface area (Å²) in [6.45, 7) is 4.56. The second kappa shape index (κ2) is 5.65. The Morgan fingerprint density at radius 3 is 2.50 bits per heavy atom. The standard InChI is InChI=1S/C15H18N2O/c1-11-3-4-14(12(2)9-11)18-15(10-16)13-5-7-17-8-6-13/h3-9,15H,10,16H2,1-2H3. The minimum Gasteiger partial charge on any atom is -0.484 e. The molecule has 1 heterocycles. The fraction of sp³-hybridized carbons (Fsp3) is 0.267. The Morgan fingerprint density at radius 2 is 1.89 bits per heavy atom. The van der Waals surface area contributed by atoms with Crippen LogP contribution in [0.2, 0.25) is 0 Å². The molecule has 0 aliphatic carbocycles. The number of hydrogen-bond acceptors (Lipinski definition) is 3. The molecule has 94 valence electrons. The van der Waals surface area contributed by atoms with E-state index in [1.54, 1.807) is 12.4 Å². The quantitative estimate of drug-likeness (QED) is 0.896. The van der Waals surface area contributed by atoms with Crippen LogP contribution < -0.4 is 10.5 Å². The van der Waals surface area contributed by atoms with E-state index in [2.05, 4.69) is 18.0 Å². The highest BCUT2D eigenvalue weighted by Crippen LogP contribution is 2.25. The van der Waals surface area contributed by atoms with Crippen LogP contribution in [-0.4, -0.2) is 11.5 Å². The van der Waals surface area contributed by atoms with Crippen molar-refractivity contribution in [3.05, 3.63) is 59.4 Å². The average molecular weight is 242 g/mol. The summed E-state index contributed by atoms with van der Waals surface area (Å²) in [6.07, 6.45) is 3.38. The zero-order chi connectivity index (χ0) is 13.0. The SMILES string of the molecule is Cc1ccc(OC(CN)c2ccncc2)c(C)c1. The van der Waals surface area contributed by atoms with Crippen LogP contribution in [0.5, 0.6) is 5.75 Å². The molecule has 1 unspecified atom stereocenters. The van der Waals surface area contributed by atoms with Gasteiger partial charge in [0.1, 0.15) is 11.9 Å². The number of nitrogens with zero attached hydrogens (tertiary/aromatic N) is 1. The normalized spacial score (nSPS) is 12.2. The predicted octanol–water partition coefficient (Wildman–Crippen LogP) is 2.78. The van der Waals surface area contributed by atoms with Crippen LogP contribution >= 0.6 is 0 Å². The number of pyridine rings is 1. The van der Waals surface area contributed by atoms with Gasteiger partial charge >= 0.3 is 0 Å². The minimum absolute atomic E-state index is 0.130. The van der Waals surface area contributed by atoms with E-state index in [1.165, 1.54) is 5.56 Å². The largest absolute Gasteiger partial charge is 0.484 e. The van der Waals surface area contributed by atoms with E-state index in [0.29, 0.717) is 6.54 Å². The third kappa shape index (κ3) is 2.87. The first-order chi connectivity index (χ1) is 8.70. The lowest BCUT2D eigenvalue weighted by molar-refractivity contribution is 0.212. The van der Waals surface area contributed by atoms with E-state index in [9.17, 15) is 0 Å². The molecule has 1 aromatic heterocycles. The van der Waals surface area contributed by atoms with Gasteiger partial charge in [0.15, 0.2) is 0 Å². The molecular formula is C15H18N2O. The molecular weight excluding hydrogens is 224 g/mol. The summed E-state index contributed by atoms with van der Waals surface area (Å²) in [5.41, 5.74) is 9.19. The lowest BCUT2D eigenvalue weighted by Gasteiger charge is -2.19. The zero-order valence-electron chi connectivity index (χ0n) is 10.8. The second-order valence-corrected chi connectivity index (χ2v) is 4.39. The van der Waals surface area contributed by atoms with Crippen molar-refractivity contribution in [2.45, 2.75) is 20.0 Å². The summed E-state index contributed by atoms with van der Waals surface area (Å²) in [5.74, 6) is 0.882. The van der Waals surface area contributed by atoms with Gasteiger partial charge in [0, 0.05) is 18.9 Å². The maximum Gasteiger partial charge on any atom is 0.136 e. The van der Waals surface area contributed by atoms with Gasteiger partial charge in [-0.05, 0) is 43.2 Å². The smallest absolute Gasteiger partial charge is 0.136 e. The number of benzene rings is 1. The highest BCUT2D eigenvalue weighted by molar-refractivity contribution is 5.36. The molecule has 0 bridgehead atoms. The molecule has 3 nitrogen and oxygen atoms in total. The molecule has 0 spiro atoms. The highest BCUT2D eigenvalue weighted by atomic mass is 16.5. The van der Waals surface area contributed by atoms with Crippen molar-refractivity contribution in [1.29, 1.82) is 0 Å². The molecule has 18 heavy (non-hydrogen) atoms. The number of aromatic nitrogens is 1. The van der Waals surface area contributed by atoms with Gasteiger partial charge in [-0.1, -0.05) is 17.7 Å². The van der Waals surface area contributed by atoms with Crippen molar-refractivity contribution in [3.63, 3.8) is 0 Å². The molecule has 2 N–H and O–H groups in total. The van der Waals surface area contributed by atoms with Crippen LogP contribution in [0.1, 0.15) is 22.8 Å². The van der Waals surface area contributed by atoms with Crippen molar-refractivity contribution in [1.82, 2.24) is 4.98 Å². The van der Waals surface area contributed by atoms with E-state index in [-0.39, 0.29) is 6.10 Å². The van der Waals surface area contributed by atoms with Gasteiger partial charge in [0.2, 0.25) is 0 Å². The molecule has 0 saturated carbocycles. The fourth-order valence-electron chi connectivity index (χ4n) is 1.92. The first kappa shape index (κ1) is 12.6. The maximum absolute atomic E-state index is 5.98. The Hall–Kier alpha value is -1.87. The fourth-order valence-corrected chi connectivity index (χ4v) is 1.92. The van der Waals surface area contributed by atoms with E-state index < -0.39 is 0 Å². The predicted molar refractivity (Wildman–Crippen MR) is 72.6 cm³/mol. The Bertz CT molecular complexity index is 511. The molecule has 0 fully saturated rings. The van der Waals surface area contributed by atoms with Gasteiger partial charge in [-0.2, -0.15) is 0 Å². The van der Waals surface area contributed by atoms with Gasteiger partial charge in [-0.15, -0.1) is 0 Å². The Labute approximate surface area is 108 Å². The van der Waals surface area contributed by atoms with Crippen LogP contribution in [0.15, 0.2) is 42.7 Å². The van der Waals surface area contributed by atoms with Gasteiger partial charge in [0.25, 0.3) is 0 Å². The van der Waals surface area contributed by atoms with Crippen LogP contribution in [0.3, 0.4) is 0 Å². The maximum atomic E-state index is 5.98. The summed E-state index contributed by atoms with van der Waals surface area (Å²) in [4.78, 5) is 4.00. The van der Waals surface area contributed by atoms with Crippen LogP contribution in [0, 0.1) is 13.8 Å². The zero-order valence-corrected chi connectivity index (χ0v) is 10.8. The van der Waals surface area contributed by atoms with Gasteiger partial charge in [-0.25, -0.2) is 0 Å². The van der Waals surface area contributed by atoms with Crippen molar-refractivity contribution in [3.8, 4) is 5.75 Å². The van der Waals surface area contributed by atoms with Gasteiger partial charge in [0.05, 0.1) is 0 Å². The van der Waals surface area contributed by atoms with Gasteiger partial charge in [-0.3, -0.25) is 4.98 Å². The molecule has 2 rings (SSSR count). The molecule has 2 aromatic rings. The molecule has 0 aliphatic heterocycles. The Kier molecular flexibility index (Phi) is 3.95. The number of hydrogen-bond donors (Lipinski definition) is 1. The molecule has 1 aromatic carbocycles. The third-order valence-electron chi connectivity index (χ3n) is 2.89. The molecule has 0 aliphatic rings. The van der Waals surface area contributed by atoms with E-state index >= 15 is 0 Å². The van der Waals surface area contributed by atoms with Crippen LogP contribution in [0.4, 0.5) is 0 Å². The Balaban J connectivity index is 2.21. The average Bonchev–Trinajstić information content (AvgIpc) is 2.39. The minimum atomic E-state index is -0.130. The monoisotopic (exact) mass is 242 g/mol. The molecule has 0 saturated heterocycles. The third-order valence-corrected chi connectivity index (χ3v) is 2.89. The molecule has 1 atom stereocenters. The van der Waals surface area contributed by atoms with Crippen LogP contribution in [-0.2, 0) is 0 Å². The number of rotatable bonds is 4. The topological polar surface area (TPSA) is 48.1 Å². The van der Waals surface area contributed by atoms with Crippen molar-refractivity contribution in [2.75, 3.05) is 6.54 Å². The molecule has 0 amide bonds. The van der Waals surface area contributed by atoms with Crippen molar-refractivity contribution >= 4 is 0 Å². The first-order valence-electron chi connectivity index (χ1n) is 6.04. The summed E-state index contributed by atoms with van der Waals surface area (Å²) < 4.78 is 5.98. The number of aryl methyl sites for hydroxylation is 2. The summed E-state index contributed by atoms with van der Waals surface area (Å²) in [7, 11) is 0. The lowest BCUT2D eigenvalue weighted by Crippen LogP contribution is -2.18. The second-order valence-electron chi connectivity index (χ2n) is 4.39. The highest BCUT2D eigenvalue weighted by Gasteiger charge is 2.12. The van der Waals surface area contributed by atoms with Crippen molar-refractivity contribution < 1.29 is 4.74 Å². The number of ether oxygens (including phenoxy) is 1. The summed E-state index contributed by atoms with van der Waals surface area (Å²) in [5, 5.41) is 0. The first-order valence-corrected chi connectivity index (χ1v) is 6.04. The van der Waals surface area contributed by atoms with E-state index in [4.69, 9.17) is 10.5 Å². The Morgan fingerprint density at radius 1 is 1.17 bits per heavy atom. The van der Waals surface area contributed by atoms with Gasteiger partial charge < -0.3 is 10.5 Å². The lowest BCUT2D eigenvalue weighted by atomic mass is 10.1. The number of nitrogens with two attached hydrogens (primary N) is 1. The van der Waals surface area contributed by atoms with Crippen molar-refractivity contribution in [2.24, 2.45) is 5.73 Å². The molecule has 0 radical (unpaired) electrons. The van der Waals surface area contributed by atoms with E-state index in [1.807, 2.05) is 31.2 Å².